The Morgan fingerprint density at radius 1 is 0.674 bits per heavy atom. The standard InChI is InChI=1S/C31H49NO11/c1-18(2)19(3)40-29(36)41-21(5)20(4)39-26(33)23(32)14-22-12-13-24(42-27(34)37-16-30(6,7)8)25(15-22)43-28(35)38-17-31(9,10)11/h12-13,15,18-21,23H,14,16-17,32H2,1-11H3/t19?,20-,21?,23-/m0/s1. The van der Waals surface area contributed by atoms with Gasteiger partial charge in [-0.1, -0.05) is 61.5 Å². The average molecular weight is 612 g/mol. The van der Waals surface area contributed by atoms with Crippen molar-refractivity contribution >= 4 is 24.4 Å². The Balaban J connectivity index is 2.95. The van der Waals surface area contributed by atoms with Crippen LogP contribution in [0.3, 0.4) is 0 Å². The Kier molecular flexibility index (Phi) is 14.2. The molecule has 12 nitrogen and oxygen atoms in total. The molecule has 2 unspecified atom stereocenters. The van der Waals surface area contributed by atoms with E-state index >= 15 is 0 Å². The Morgan fingerprint density at radius 3 is 1.63 bits per heavy atom. The summed E-state index contributed by atoms with van der Waals surface area (Å²) < 4.78 is 36.7. The van der Waals surface area contributed by atoms with Crippen molar-refractivity contribution in [2.24, 2.45) is 22.5 Å². The maximum Gasteiger partial charge on any atom is 0.513 e. The molecule has 43 heavy (non-hydrogen) atoms. The van der Waals surface area contributed by atoms with Crippen molar-refractivity contribution in [2.75, 3.05) is 13.2 Å². The van der Waals surface area contributed by atoms with E-state index in [0.29, 0.717) is 5.56 Å². The lowest BCUT2D eigenvalue weighted by Gasteiger charge is -2.23. The van der Waals surface area contributed by atoms with Crippen LogP contribution in [-0.4, -0.2) is 62.0 Å². The number of hydrogen-bond acceptors (Lipinski definition) is 12. The van der Waals surface area contributed by atoms with E-state index in [2.05, 4.69) is 0 Å². The lowest BCUT2D eigenvalue weighted by Crippen LogP contribution is -2.39. The third-order valence-corrected chi connectivity index (χ3v) is 5.87. The first-order valence-corrected chi connectivity index (χ1v) is 14.3. The average Bonchev–Trinajstić information content (AvgIpc) is 2.86. The molecule has 0 radical (unpaired) electrons. The molecule has 4 atom stereocenters. The second-order valence-corrected chi connectivity index (χ2v) is 13.3. The second-order valence-electron chi connectivity index (χ2n) is 13.3. The minimum Gasteiger partial charge on any atom is -0.458 e. The maximum atomic E-state index is 12.7. The fraction of sp³-hybridized carbons (Fsp3) is 0.677. The van der Waals surface area contributed by atoms with Gasteiger partial charge in [0.15, 0.2) is 11.5 Å². The number of ether oxygens (including phenoxy) is 7. The van der Waals surface area contributed by atoms with Crippen molar-refractivity contribution in [3.05, 3.63) is 23.8 Å². The van der Waals surface area contributed by atoms with Crippen molar-refractivity contribution < 1.29 is 52.3 Å². The summed E-state index contributed by atoms with van der Waals surface area (Å²) in [6.45, 7) is 20.2. The SMILES string of the molecule is CC(C)C(C)OC(=O)OC(C)[C@H](C)OC(=O)[C@@H](N)Cc1ccc(OC(=O)OCC(C)(C)C)c(OC(=O)OCC(C)(C)C)c1. The molecule has 0 saturated heterocycles. The summed E-state index contributed by atoms with van der Waals surface area (Å²) in [5, 5.41) is 0. The molecule has 0 spiro atoms. The van der Waals surface area contributed by atoms with Gasteiger partial charge in [-0.3, -0.25) is 4.79 Å². The largest absolute Gasteiger partial charge is 0.513 e. The summed E-state index contributed by atoms with van der Waals surface area (Å²) >= 11 is 0. The molecule has 2 N–H and O–H groups in total. The van der Waals surface area contributed by atoms with Crippen LogP contribution in [0.15, 0.2) is 18.2 Å². The molecular formula is C31H49NO11. The normalized spacial score (nSPS) is 14.5. The first kappa shape index (κ1) is 37.5. The van der Waals surface area contributed by atoms with Gasteiger partial charge in [0, 0.05) is 0 Å². The van der Waals surface area contributed by atoms with Crippen LogP contribution in [-0.2, 0) is 34.9 Å². The number of nitrogens with two attached hydrogens (primary N) is 1. The highest BCUT2D eigenvalue weighted by Gasteiger charge is 2.27. The molecule has 12 heteroatoms. The lowest BCUT2D eigenvalue weighted by molar-refractivity contribution is -0.155. The van der Waals surface area contributed by atoms with Gasteiger partial charge in [-0.2, -0.15) is 0 Å². The molecule has 0 aliphatic rings. The Labute approximate surface area is 254 Å². The monoisotopic (exact) mass is 611 g/mol. The molecule has 0 aliphatic carbocycles. The van der Waals surface area contributed by atoms with Crippen molar-refractivity contribution in [3.63, 3.8) is 0 Å². The van der Waals surface area contributed by atoms with Gasteiger partial charge in [0.1, 0.15) is 24.4 Å². The summed E-state index contributed by atoms with van der Waals surface area (Å²) in [7, 11) is 0. The van der Waals surface area contributed by atoms with Gasteiger partial charge in [0.2, 0.25) is 0 Å². The van der Waals surface area contributed by atoms with Crippen LogP contribution in [0.2, 0.25) is 0 Å². The molecular weight excluding hydrogens is 562 g/mol. The van der Waals surface area contributed by atoms with E-state index in [0.717, 1.165) is 0 Å². The summed E-state index contributed by atoms with van der Waals surface area (Å²) in [6.07, 6.45) is -4.82. The number of rotatable bonds is 12. The smallest absolute Gasteiger partial charge is 0.458 e. The molecule has 0 aromatic heterocycles. The summed E-state index contributed by atoms with van der Waals surface area (Å²) in [6, 6.07) is 3.22. The van der Waals surface area contributed by atoms with Crippen LogP contribution in [0.25, 0.3) is 0 Å². The van der Waals surface area contributed by atoms with Gasteiger partial charge < -0.3 is 38.9 Å². The third-order valence-electron chi connectivity index (χ3n) is 5.87. The van der Waals surface area contributed by atoms with Crippen molar-refractivity contribution in [1.82, 2.24) is 0 Å². The first-order valence-electron chi connectivity index (χ1n) is 14.3. The maximum absolute atomic E-state index is 12.7. The molecule has 1 aromatic rings. The zero-order valence-electron chi connectivity index (χ0n) is 27.3. The zero-order chi connectivity index (χ0) is 33.1. The van der Waals surface area contributed by atoms with E-state index in [1.807, 2.05) is 55.4 Å². The summed E-state index contributed by atoms with van der Waals surface area (Å²) in [4.78, 5) is 49.4. The van der Waals surface area contributed by atoms with E-state index in [1.165, 1.54) is 12.1 Å². The van der Waals surface area contributed by atoms with Crippen LogP contribution < -0.4 is 15.2 Å². The van der Waals surface area contributed by atoms with Crippen LogP contribution in [0.5, 0.6) is 11.5 Å². The fourth-order valence-corrected chi connectivity index (χ4v) is 2.90. The van der Waals surface area contributed by atoms with Crippen molar-refractivity contribution in [1.29, 1.82) is 0 Å². The van der Waals surface area contributed by atoms with Crippen LogP contribution >= 0.6 is 0 Å². The van der Waals surface area contributed by atoms with Gasteiger partial charge >= 0.3 is 24.4 Å². The van der Waals surface area contributed by atoms with Gasteiger partial charge in [0.25, 0.3) is 0 Å². The summed E-state index contributed by atoms with van der Waals surface area (Å²) in [5.74, 6) is -0.858. The molecule has 1 aromatic carbocycles. The van der Waals surface area contributed by atoms with Gasteiger partial charge in [0.05, 0.1) is 13.2 Å². The molecule has 1 rings (SSSR count). The Bertz CT molecular complexity index is 1090. The molecule has 244 valence electrons. The third kappa shape index (κ3) is 15.5. The van der Waals surface area contributed by atoms with Crippen LogP contribution in [0.4, 0.5) is 14.4 Å². The second kappa shape index (κ2) is 16.3. The number of hydrogen-bond donors (Lipinski definition) is 1. The molecule has 0 fully saturated rings. The lowest BCUT2D eigenvalue weighted by atomic mass is 9.99. The van der Waals surface area contributed by atoms with E-state index in [4.69, 9.17) is 38.9 Å². The number of esters is 1. The molecule has 0 saturated carbocycles. The highest BCUT2D eigenvalue weighted by atomic mass is 16.8. The Morgan fingerprint density at radius 2 is 1.14 bits per heavy atom. The van der Waals surface area contributed by atoms with Crippen LogP contribution in [0.1, 0.15) is 81.7 Å². The highest BCUT2D eigenvalue weighted by molar-refractivity contribution is 5.76. The number of carbonyl (C=O) groups is 4. The molecule has 0 amide bonds. The van der Waals surface area contributed by atoms with Crippen LogP contribution in [0, 0.1) is 16.7 Å². The minimum atomic E-state index is -1.12. The zero-order valence-corrected chi connectivity index (χ0v) is 27.3. The predicted molar refractivity (Wildman–Crippen MR) is 158 cm³/mol. The van der Waals surface area contributed by atoms with E-state index in [9.17, 15) is 19.2 Å². The molecule has 0 bridgehead atoms. The van der Waals surface area contributed by atoms with E-state index in [1.54, 1.807) is 26.8 Å². The quantitative estimate of drug-likeness (QED) is 0.162. The van der Waals surface area contributed by atoms with Gasteiger partial charge in [-0.15, -0.1) is 0 Å². The van der Waals surface area contributed by atoms with E-state index < -0.39 is 42.7 Å². The highest BCUT2D eigenvalue weighted by Crippen LogP contribution is 2.30. The Hall–Kier alpha value is -3.54. The topological polar surface area (TPSA) is 159 Å². The van der Waals surface area contributed by atoms with E-state index in [-0.39, 0.29) is 54.0 Å². The number of carbonyl (C=O) groups excluding carboxylic acids is 4. The van der Waals surface area contributed by atoms with Crippen molar-refractivity contribution in [2.45, 2.75) is 107 Å². The van der Waals surface area contributed by atoms with Crippen molar-refractivity contribution in [3.8, 4) is 11.5 Å². The summed E-state index contributed by atoms with van der Waals surface area (Å²) in [5.41, 5.74) is 5.97. The molecule has 0 heterocycles. The fourth-order valence-electron chi connectivity index (χ4n) is 2.90. The predicted octanol–water partition coefficient (Wildman–Crippen LogP) is 6.20. The van der Waals surface area contributed by atoms with Gasteiger partial charge in [-0.05, 0) is 61.6 Å². The number of benzene rings is 1. The minimum absolute atomic E-state index is 0.0170. The van der Waals surface area contributed by atoms with Gasteiger partial charge in [-0.25, -0.2) is 14.4 Å². The molecule has 0 aliphatic heterocycles. The first-order chi connectivity index (χ1) is 19.7.